The van der Waals surface area contributed by atoms with Crippen LogP contribution >= 0.6 is 11.6 Å². The van der Waals surface area contributed by atoms with E-state index in [0.29, 0.717) is 5.02 Å². The van der Waals surface area contributed by atoms with Gasteiger partial charge in [-0.1, -0.05) is 60.1 Å². The van der Waals surface area contributed by atoms with Crippen LogP contribution in [0.15, 0.2) is 83.8 Å². The number of hydrogen-bond donors (Lipinski definition) is 1. The molecule has 5 nitrogen and oxygen atoms in total. The van der Waals surface area contributed by atoms with Crippen molar-refractivity contribution < 1.29 is 17.6 Å². The fraction of sp³-hybridized carbons (Fsp3) is 0.174. The lowest BCUT2D eigenvalue weighted by molar-refractivity contribution is -0.122. The van der Waals surface area contributed by atoms with Crippen LogP contribution in [0.3, 0.4) is 0 Å². The first kappa shape index (κ1) is 22.9. The third-order valence-electron chi connectivity index (χ3n) is 4.75. The van der Waals surface area contributed by atoms with Crippen molar-refractivity contribution in [2.24, 2.45) is 0 Å². The lowest BCUT2D eigenvalue weighted by atomic mass is 10.1. The number of carbonyl (C=O) groups is 1. The number of hydrogen-bond acceptors (Lipinski definition) is 3. The molecule has 162 valence electrons. The zero-order chi connectivity index (χ0) is 22.4. The molecule has 0 aliphatic carbocycles. The van der Waals surface area contributed by atoms with Crippen LogP contribution in [-0.4, -0.2) is 25.2 Å². The third kappa shape index (κ3) is 5.91. The van der Waals surface area contributed by atoms with Crippen molar-refractivity contribution in [2.45, 2.75) is 24.4 Å². The van der Waals surface area contributed by atoms with Crippen LogP contribution in [0, 0.1) is 5.82 Å². The largest absolute Gasteiger partial charge is 0.348 e. The summed E-state index contributed by atoms with van der Waals surface area (Å²) in [5.41, 5.74) is 1.06. The van der Waals surface area contributed by atoms with E-state index in [-0.39, 0.29) is 23.0 Å². The highest BCUT2D eigenvalue weighted by molar-refractivity contribution is 7.89. The first-order valence-electron chi connectivity index (χ1n) is 9.61. The van der Waals surface area contributed by atoms with Crippen LogP contribution in [0.5, 0.6) is 0 Å². The van der Waals surface area contributed by atoms with Crippen LogP contribution in [0.25, 0.3) is 0 Å². The van der Waals surface area contributed by atoms with Gasteiger partial charge in [0, 0.05) is 17.1 Å². The Balaban J connectivity index is 1.85. The van der Waals surface area contributed by atoms with Gasteiger partial charge < -0.3 is 5.32 Å². The summed E-state index contributed by atoms with van der Waals surface area (Å²) >= 11 is 5.87. The Morgan fingerprint density at radius 2 is 1.61 bits per heavy atom. The second-order valence-electron chi connectivity index (χ2n) is 7.02. The molecule has 3 aromatic rings. The summed E-state index contributed by atoms with van der Waals surface area (Å²) in [6.07, 6.45) is 0. The Labute approximate surface area is 186 Å². The summed E-state index contributed by atoms with van der Waals surface area (Å²) in [4.78, 5) is 12.7. The van der Waals surface area contributed by atoms with E-state index in [1.165, 1.54) is 42.5 Å². The van der Waals surface area contributed by atoms with Crippen molar-refractivity contribution in [3.63, 3.8) is 0 Å². The molecule has 1 atom stereocenters. The number of carbonyl (C=O) groups excluding carboxylic acids is 1. The van der Waals surface area contributed by atoms with E-state index in [1.54, 1.807) is 6.07 Å². The number of rotatable bonds is 8. The highest BCUT2D eigenvalue weighted by Crippen LogP contribution is 2.22. The molecular formula is C23H22ClFN2O3S. The highest BCUT2D eigenvalue weighted by atomic mass is 35.5. The van der Waals surface area contributed by atoms with Gasteiger partial charge in [-0.05, 0) is 42.8 Å². The van der Waals surface area contributed by atoms with Gasteiger partial charge in [-0.2, -0.15) is 4.31 Å². The lowest BCUT2D eigenvalue weighted by Crippen LogP contribution is -2.41. The Morgan fingerprint density at radius 1 is 1.00 bits per heavy atom. The lowest BCUT2D eigenvalue weighted by Gasteiger charge is -2.23. The average Bonchev–Trinajstić information content (AvgIpc) is 2.75. The number of amides is 1. The first-order valence-corrected chi connectivity index (χ1v) is 11.4. The maximum Gasteiger partial charge on any atom is 0.243 e. The van der Waals surface area contributed by atoms with E-state index in [1.807, 2.05) is 37.3 Å². The molecule has 0 unspecified atom stereocenters. The van der Waals surface area contributed by atoms with Crippen LogP contribution in [0.1, 0.15) is 24.1 Å². The van der Waals surface area contributed by atoms with E-state index in [9.17, 15) is 17.6 Å². The molecule has 8 heteroatoms. The Morgan fingerprint density at radius 3 is 2.26 bits per heavy atom. The normalized spacial score (nSPS) is 12.5. The van der Waals surface area contributed by atoms with Crippen molar-refractivity contribution in [1.29, 1.82) is 0 Å². The van der Waals surface area contributed by atoms with E-state index < -0.39 is 28.3 Å². The zero-order valence-corrected chi connectivity index (χ0v) is 18.4. The van der Waals surface area contributed by atoms with E-state index >= 15 is 0 Å². The molecule has 3 aromatic carbocycles. The quantitative estimate of drug-likeness (QED) is 0.536. The number of sulfonamides is 1. The fourth-order valence-electron chi connectivity index (χ4n) is 3.07. The van der Waals surface area contributed by atoms with Gasteiger partial charge in [0.25, 0.3) is 0 Å². The van der Waals surface area contributed by atoms with Crippen molar-refractivity contribution in [1.82, 2.24) is 9.62 Å². The van der Waals surface area contributed by atoms with Gasteiger partial charge in [0.1, 0.15) is 5.82 Å². The summed E-state index contributed by atoms with van der Waals surface area (Å²) in [5.74, 6) is -1.04. The second-order valence-corrected chi connectivity index (χ2v) is 9.39. The van der Waals surface area contributed by atoms with Gasteiger partial charge in [0.05, 0.1) is 17.5 Å². The molecule has 0 fully saturated rings. The summed E-state index contributed by atoms with van der Waals surface area (Å²) in [6, 6.07) is 20.5. The maximum atomic E-state index is 14.2. The van der Waals surface area contributed by atoms with Crippen molar-refractivity contribution in [2.75, 3.05) is 6.54 Å². The SMILES string of the molecule is C[C@H](NC(=O)CN(Cc1ccccc1F)S(=O)(=O)c1ccc(Cl)cc1)c1ccccc1. The van der Waals surface area contributed by atoms with Gasteiger partial charge in [-0.15, -0.1) is 0 Å². The molecule has 0 aromatic heterocycles. The van der Waals surface area contributed by atoms with Gasteiger partial charge in [-0.3, -0.25) is 4.79 Å². The molecule has 1 N–H and O–H groups in total. The number of benzene rings is 3. The molecule has 0 radical (unpaired) electrons. The molecule has 0 spiro atoms. The summed E-state index contributed by atoms with van der Waals surface area (Å²) in [6.45, 7) is 1.06. The van der Waals surface area contributed by atoms with Gasteiger partial charge >= 0.3 is 0 Å². The van der Waals surface area contributed by atoms with Gasteiger partial charge in [0.15, 0.2) is 0 Å². The highest BCUT2D eigenvalue weighted by Gasteiger charge is 2.28. The van der Waals surface area contributed by atoms with Crippen molar-refractivity contribution in [3.8, 4) is 0 Å². The minimum atomic E-state index is -4.08. The molecule has 0 aliphatic rings. The summed E-state index contributed by atoms with van der Waals surface area (Å²) in [7, 11) is -4.08. The van der Waals surface area contributed by atoms with Crippen molar-refractivity contribution in [3.05, 3.63) is 101 Å². The van der Waals surface area contributed by atoms with Crippen LogP contribution in [0.4, 0.5) is 4.39 Å². The smallest absolute Gasteiger partial charge is 0.243 e. The van der Waals surface area contributed by atoms with Crippen molar-refractivity contribution >= 4 is 27.5 Å². The zero-order valence-electron chi connectivity index (χ0n) is 16.8. The summed E-state index contributed by atoms with van der Waals surface area (Å²) in [5, 5.41) is 3.18. The van der Waals surface area contributed by atoms with Gasteiger partial charge in [-0.25, -0.2) is 12.8 Å². The molecule has 3 rings (SSSR count). The third-order valence-corrected chi connectivity index (χ3v) is 6.81. The molecule has 0 saturated carbocycles. The number of nitrogens with one attached hydrogen (secondary N) is 1. The van der Waals surface area contributed by atoms with E-state index in [2.05, 4.69) is 5.32 Å². The average molecular weight is 461 g/mol. The van der Waals surface area contributed by atoms with E-state index in [0.717, 1.165) is 9.87 Å². The minimum absolute atomic E-state index is 0.0304. The predicted octanol–water partition coefficient (Wildman–Crippen LogP) is 4.55. The molecule has 0 aliphatic heterocycles. The minimum Gasteiger partial charge on any atom is -0.348 e. The Hall–Kier alpha value is -2.74. The Bertz CT molecular complexity index is 1140. The molecule has 1 amide bonds. The summed E-state index contributed by atoms with van der Waals surface area (Å²) < 4.78 is 41.6. The molecule has 0 heterocycles. The molecule has 31 heavy (non-hydrogen) atoms. The van der Waals surface area contributed by atoms with E-state index in [4.69, 9.17) is 11.6 Å². The number of nitrogens with zero attached hydrogens (tertiary/aromatic N) is 1. The van der Waals surface area contributed by atoms with Crippen LogP contribution in [-0.2, 0) is 21.4 Å². The maximum absolute atomic E-state index is 14.2. The monoisotopic (exact) mass is 460 g/mol. The number of halogens is 2. The molecular weight excluding hydrogens is 439 g/mol. The standard InChI is InChI=1S/C23H22ClFN2O3S/c1-17(18-7-3-2-4-8-18)26-23(28)16-27(15-19-9-5-6-10-22(19)25)31(29,30)21-13-11-20(24)12-14-21/h2-14,17H,15-16H2,1H3,(H,26,28)/t17-/m0/s1. The first-order chi connectivity index (χ1) is 14.8. The van der Waals surface area contributed by atoms with Crippen LogP contribution < -0.4 is 5.32 Å². The Kier molecular flexibility index (Phi) is 7.43. The fourth-order valence-corrected chi connectivity index (χ4v) is 4.57. The second kappa shape index (κ2) is 10.0. The molecule has 0 bridgehead atoms. The predicted molar refractivity (Wildman–Crippen MR) is 118 cm³/mol. The van der Waals surface area contributed by atoms with Gasteiger partial charge in [0.2, 0.25) is 15.9 Å². The molecule has 0 saturated heterocycles. The topological polar surface area (TPSA) is 66.5 Å². The van der Waals surface area contributed by atoms with Crippen LogP contribution in [0.2, 0.25) is 5.02 Å².